The largest absolute Gasteiger partial charge is 0.362 e. The Morgan fingerprint density at radius 2 is 1.80 bits per heavy atom. The van der Waals surface area contributed by atoms with E-state index in [4.69, 9.17) is 12.2 Å². The third-order valence-electron chi connectivity index (χ3n) is 3.17. The number of para-hydroxylation sites is 1. The Morgan fingerprint density at radius 3 is 2.55 bits per heavy atom. The molecule has 20 heavy (non-hydrogen) atoms. The SMILES string of the molecule is CCCCCCCCNC(=S)Nc1ccccc1SC. The molecule has 0 heterocycles. The van der Waals surface area contributed by atoms with Crippen molar-refractivity contribution in [2.45, 2.75) is 50.3 Å². The number of unbranched alkanes of at least 4 members (excludes halogenated alkanes) is 5. The van der Waals surface area contributed by atoms with Gasteiger partial charge < -0.3 is 10.6 Å². The van der Waals surface area contributed by atoms with Gasteiger partial charge in [0.1, 0.15) is 0 Å². The lowest BCUT2D eigenvalue weighted by Crippen LogP contribution is -2.29. The van der Waals surface area contributed by atoms with Crippen LogP contribution in [0.3, 0.4) is 0 Å². The number of rotatable bonds is 9. The van der Waals surface area contributed by atoms with E-state index in [1.54, 1.807) is 11.8 Å². The summed E-state index contributed by atoms with van der Waals surface area (Å²) in [5, 5.41) is 7.28. The lowest BCUT2D eigenvalue weighted by molar-refractivity contribution is 0.603. The van der Waals surface area contributed by atoms with Crippen molar-refractivity contribution >= 4 is 34.8 Å². The van der Waals surface area contributed by atoms with Gasteiger partial charge in [-0.05, 0) is 37.0 Å². The average Bonchev–Trinajstić information content (AvgIpc) is 2.47. The normalized spacial score (nSPS) is 10.3. The monoisotopic (exact) mass is 310 g/mol. The van der Waals surface area contributed by atoms with Gasteiger partial charge in [0, 0.05) is 11.4 Å². The first kappa shape index (κ1) is 17.3. The molecule has 0 unspecified atom stereocenters. The molecular weight excluding hydrogens is 284 g/mol. The molecule has 0 spiro atoms. The Labute approximate surface area is 133 Å². The predicted octanol–water partition coefficient (Wildman–Crippen LogP) is 5.06. The number of hydrogen-bond donors (Lipinski definition) is 2. The minimum atomic E-state index is 0.722. The summed E-state index contributed by atoms with van der Waals surface area (Å²) in [7, 11) is 0. The zero-order valence-corrected chi connectivity index (χ0v) is 14.2. The van der Waals surface area contributed by atoms with Crippen molar-refractivity contribution in [1.29, 1.82) is 0 Å². The summed E-state index contributed by atoms with van der Waals surface area (Å²) in [6, 6.07) is 8.23. The highest BCUT2D eigenvalue weighted by Gasteiger charge is 2.02. The van der Waals surface area contributed by atoms with Crippen molar-refractivity contribution in [2.24, 2.45) is 0 Å². The van der Waals surface area contributed by atoms with E-state index in [1.165, 1.54) is 43.4 Å². The summed E-state index contributed by atoms with van der Waals surface area (Å²) < 4.78 is 0. The molecule has 2 N–H and O–H groups in total. The van der Waals surface area contributed by atoms with Gasteiger partial charge in [0.05, 0.1) is 5.69 Å². The van der Waals surface area contributed by atoms with Crippen molar-refractivity contribution in [3.8, 4) is 0 Å². The Balaban J connectivity index is 2.17. The molecular formula is C16H26N2S2. The van der Waals surface area contributed by atoms with Gasteiger partial charge in [-0.15, -0.1) is 11.8 Å². The van der Waals surface area contributed by atoms with Gasteiger partial charge >= 0.3 is 0 Å². The first-order chi connectivity index (χ1) is 9.77. The van der Waals surface area contributed by atoms with E-state index in [9.17, 15) is 0 Å². The van der Waals surface area contributed by atoms with E-state index in [0.29, 0.717) is 0 Å². The molecule has 2 nitrogen and oxygen atoms in total. The van der Waals surface area contributed by atoms with Crippen LogP contribution in [0.25, 0.3) is 0 Å². The van der Waals surface area contributed by atoms with Crippen LogP contribution in [0.4, 0.5) is 5.69 Å². The zero-order valence-electron chi connectivity index (χ0n) is 12.6. The smallest absolute Gasteiger partial charge is 0.170 e. The summed E-state index contributed by atoms with van der Waals surface area (Å²) in [4.78, 5) is 1.22. The minimum Gasteiger partial charge on any atom is -0.362 e. The zero-order chi connectivity index (χ0) is 14.6. The molecule has 112 valence electrons. The quantitative estimate of drug-likeness (QED) is 0.378. The van der Waals surface area contributed by atoms with E-state index in [1.807, 2.05) is 12.1 Å². The van der Waals surface area contributed by atoms with Gasteiger partial charge in [0.25, 0.3) is 0 Å². The summed E-state index contributed by atoms with van der Waals surface area (Å²) in [5.74, 6) is 0. The molecule has 0 aliphatic rings. The summed E-state index contributed by atoms with van der Waals surface area (Å²) in [6.07, 6.45) is 9.92. The summed E-state index contributed by atoms with van der Waals surface area (Å²) in [6.45, 7) is 3.21. The van der Waals surface area contributed by atoms with Crippen LogP contribution >= 0.6 is 24.0 Å². The number of hydrogen-bond acceptors (Lipinski definition) is 2. The van der Waals surface area contributed by atoms with Crippen LogP contribution < -0.4 is 10.6 Å². The van der Waals surface area contributed by atoms with Crippen molar-refractivity contribution < 1.29 is 0 Å². The van der Waals surface area contributed by atoms with Gasteiger partial charge in [-0.1, -0.05) is 51.2 Å². The van der Waals surface area contributed by atoms with E-state index in [2.05, 4.69) is 35.9 Å². The number of thioether (sulfide) groups is 1. The molecule has 0 saturated heterocycles. The highest BCUT2D eigenvalue weighted by atomic mass is 32.2. The van der Waals surface area contributed by atoms with E-state index in [-0.39, 0.29) is 0 Å². The molecule has 0 radical (unpaired) electrons. The fourth-order valence-corrected chi connectivity index (χ4v) is 2.79. The Morgan fingerprint density at radius 1 is 1.10 bits per heavy atom. The molecule has 4 heteroatoms. The topological polar surface area (TPSA) is 24.1 Å². The standard InChI is InChI=1S/C16H26N2S2/c1-3-4-5-6-7-10-13-17-16(19)18-14-11-8-9-12-15(14)20-2/h8-9,11-12H,3-7,10,13H2,1-2H3,(H2,17,18,19). The van der Waals surface area contributed by atoms with Crippen molar-refractivity contribution in [3.63, 3.8) is 0 Å². The molecule has 0 bridgehead atoms. The van der Waals surface area contributed by atoms with Crippen molar-refractivity contribution in [3.05, 3.63) is 24.3 Å². The molecule has 0 atom stereocenters. The third-order valence-corrected chi connectivity index (χ3v) is 4.21. The summed E-state index contributed by atoms with van der Waals surface area (Å²) in [5.41, 5.74) is 1.08. The van der Waals surface area contributed by atoms with Gasteiger partial charge in [0.2, 0.25) is 0 Å². The van der Waals surface area contributed by atoms with E-state index >= 15 is 0 Å². The van der Waals surface area contributed by atoms with Gasteiger partial charge in [-0.3, -0.25) is 0 Å². The maximum atomic E-state index is 5.33. The van der Waals surface area contributed by atoms with Crippen LogP contribution in [-0.2, 0) is 0 Å². The van der Waals surface area contributed by atoms with Crippen LogP contribution in [0, 0.1) is 0 Å². The van der Waals surface area contributed by atoms with Crippen LogP contribution in [0.1, 0.15) is 45.4 Å². The molecule has 0 aliphatic heterocycles. The fourth-order valence-electron chi connectivity index (χ4n) is 2.02. The molecule has 0 amide bonds. The average molecular weight is 311 g/mol. The number of thiocarbonyl (C=S) groups is 1. The van der Waals surface area contributed by atoms with Crippen molar-refractivity contribution in [1.82, 2.24) is 5.32 Å². The second kappa shape index (κ2) is 11.0. The van der Waals surface area contributed by atoms with Crippen LogP contribution in [0.2, 0.25) is 0 Å². The summed E-state index contributed by atoms with van der Waals surface area (Å²) >= 11 is 7.06. The number of anilines is 1. The van der Waals surface area contributed by atoms with Crippen LogP contribution in [-0.4, -0.2) is 17.9 Å². The fraction of sp³-hybridized carbons (Fsp3) is 0.562. The van der Waals surface area contributed by atoms with Crippen LogP contribution in [0.5, 0.6) is 0 Å². The Kier molecular flexibility index (Phi) is 9.50. The maximum Gasteiger partial charge on any atom is 0.170 e. The van der Waals surface area contributed by atoms with Gasteiger partial charge in [-0.2, -0.15) is 0 Å². The second-order valence-electron chi connectivity index (χ2n) is 4.85. The van der Waals surface area contributed by atoms with Gasteiger partial charge in [0.15, 0.2) is 5.11 Å². The third kappa shape index (κ3) is 7.15. The highest BCUT2D eigenvalue weighted by Crippen LogP contribution is 2.24. The molecule has 0 aromatic heterocycles. The highest BCUT2D eigenvalue weighted by molar-refractivity contribution is 7.98. The number of benzene rings is 1. The minimum absolute atomic E-state index is 0.722. The Hall–Kier alpha value is -0.740. The van der Waals surface area contributed by atoms with Gasteiger partial charge in [-0.25, -0.2) is 0 Å². The van der Waals surface area contributed by atoms with E-state index < -0.39 is 0 Å². The first-order valence-electron chi connectivity index (χ1n) is 7.45. The molecule has 0 saturated carbocycles. The predicted molar refractivity (Wildman–Crippen MR) is 95.8 cm³/mol. The lowest BCUT2D eigenvalue weighted by atomic mass is 10.1. The van der Waals surface area contributed by atoms with Crippen LogP contribution in [0.15, 0.2) is 29.2 Å². The Bertz CT molecular complexity index is 394. The number of nitrogens with one attached hydrogen (secondary N) is 2. The molecule has 0 fully saturated rings. The van der Waals surface area contributed by atoms with Crippen molar-refractivity contribution in [2.75, 3.05) is 18.1 Å². The molecule has 1 aromatic carbocycles. The maximum absolute atomic E-state index is 5.33. The molecule has 1 rings (SSSR count). The molecule has 0 aliphatic carbocycles. The lowest BCUT2D eigenvalue weighted by Gasteiger charge is -2.12. The van der Waals surface area contributed by atoms with E-state index in [0.717, 1.165) is 17.3 Å². The second-order valence-corrected chi connectivity index (χ2v) is 6.11. The molecule has 1 aromatic rings. The first-order valence-corrected chi connectivity index (χ1v) is 9.09.